The Bertz CT molecular complexity index is 372. The Balaban J connectivity index is 2.94. The maximum Gasteiger partial charge on any atom is 0.122 e. The van der Waals surface area contributed by atoms with Gasteiger partial charge in [-0.25, -0.2) is 0 Å². The highest BCUT2D eigenvalue weighted by molar-refractivity contribution is 5.43. The lowest BCUT2D eigenvalue weighted by atomic mass is 9.99. The summed E-state index contributed by atoms with van der Waals surface area (Å²) in [4.78, 5) is 0. The minimum absolute atomic E-state index is 0.712. The molecule has 0 bridgehead atoms. The smallest absolute Gasteiger partial charge is 0.122 e. The van der Waals surface area contributed by atoms with Crippen LogP contribution in [-0.4, -0.2) is 6.61 Å². The van der Waals surface area contributed by atoms with Gasteiger partial charge in [0.25, 0.3) is 0 Å². The molecular weight excluding hydrogens is 184 g/mol. The second-order valence-corrected chi connectivity index (χ2v) is 3.61. The van der Waals surface area contributed by atoms with Crippen LogP contribution in [0.25, 0.3) is 0 Å². The van der Waals surface area contributed by atoms with E-state index < -0.39 is 0 Å². The molecule has 0 heterocycles. The van der Waals surface area contributed by atoms with Crippen molar-refractivity contribution in [3.8, 4) is 18.1 Å². The minimum Gasteiger partial charge on any atom is -0.494 e. The number of benzene rings is 1. The lowest BCUT2D eigenvalue weighted by molar-refractivity contribution is 0.337. The zero-order valence-corrected chi connectivity index (χ0v) is 9.76. The average Bonchev–Trinajstić information content (AvgIpc) is 2.24. The fourth-order valence-electron chi connectivity index (χ4n) is 1.64. The summed E-state index contributed by atoms with van der Waals surface area (Å²) < 4.78 is 5.54. The van der Waals surface area contributed by atoms with Gasteiger partial charge in [0.15, 0.2) is 0 Å². The van der Waals surface area contributed by atoms with Crippen LogP contribution in [0.1, 0.15) is 30.0 Å². The van der Waals surface area contributed by atoms with Crippen molar-refractivity contribution in [3.63, 3.8) is 0 Å². The van der Waals surface area contributed by atoms with Gasteiger partial charge in [-0.3, -0.25) is 0 Å². The molecule has 0 radical (unpaired) electrons. The highest BCUT2D eigenvalue weighted by atomic mass is 16.5. The van der Waals surface area contributed by atoms with Crippen molar-refractivity contribution in [2.24, 2.45) is 0 Å². The van der Waals surface area contributed by atoms with Crippen LogP contribution < -0.4 is 4.74 Å². The summed E-state index contributed by atoms with van der Waals surface area (Å²) in [6, 6.07) is 4.16. The number of ether oxygens (including phenoxy) is 1. The Morgan fingerprint density at radius 3 is 2.60 bits per heavy atom. The predicted octanol–water partition coefficient (Wildman–Crippen LogP) is 3.27. The van der Waals surface area contributed by atoms with Gasteiger partial charge in [-0.2, -0.15) is 0 Å². The summed E-state index contributed by atoms with van der Waals surface area (Å²) >= 11 is 0. The molecule has 1 aromatic rings. The van der Waals surface area contributed by atoms with E-state index in [1.54, 1.807) is 0 Å². The van der Waals surface area contributed by atoms with E-state index >= 15 is 0 Å². The zero-order valence-electron chi connectivity index (χ0n) is 9.76. The number of terminal acetylenes is 1. The second-order valence-electron chi connectivity index (χ2n) is 3.61. The van der Waals surface area contributed by atoms with E-state index in [1.807, 2.05) is 13.0 Å². The van der Waals surface area contributed by atoms with E-state index in [0.717, 1.165) is 18.6 Å². The number of rotatable bonds is 4. The fraction of sp³-hybridized carbons (Fsp3) is 0.429. The first-order chi connectivity index (χ1) is 7.20. The summed E-state index contributed by atoms with van der Waals surface area (Å²) in [6.45, 7) is 6.94. The van der Waals surface area contributed by atoms with Gasteiger partial charge in [0.05, 0.1) is 6.61 Å². The molecule has 1 heteroatoms. The van der Waals surface area contributed by atoms with Crippen LogP contribution >= 0.6 is 0 Å². The third-order valence-electron chi connectivity index (χ3n) is 2.69. The molecule has 0 aliphatic rings. The molecule has 0 spiro atoms. The number of aryl methyl sites for hydroxylation is 1. The van der Waals surface area contributed by atoms with Gasteiger partial charge in [0.2, 0.25) is 0 Å². The standard InChI is InChI=1S/C14H18O/c1-5-7-8-13-9-10-14(15-6-2)12(4)11(13)3/h1,9-10H,6-8H2,2-4H3. The minimum atomic E-state index is 0.712. The SMILES string of the molecule is C#CCCc1ccc(OCC)c(C)c1C. The maximum atomic E-state index is 5.54. The average molecular weight is 202 g/mol. The molecule has 0 saturated heterocycles. The monoisotopic (exact) mass is 202 g/mol. The van der Waals surface area contributed by atoms with Crippen LogP contribution in [0.4, 0.5) is 0 Å². The van der Waals surface area contributed by atoms with Gasteiger partial charge in [0, 0.05) is 6.42 Å². The van der Waals surface area contributed by atoms with Crippen LogP contribution in [-0.2, 0) is 6.42 Å². The fourth-order valence-corrected chi connectivity index (χ4v) is 1.64. The van der Waals surface area contributed by atoms with Crippen molar-refractivity contribution in [1.82, 2.24) is 0 Å². The van der Waals surface area contributed by atoms with Crippen LogP contribution in [0.3, 0.4) is 0 Å². The highest BCUT2D eigenvalue weighted by Crippen LogP contribution is 2.24. The molecule has 80 valence electrons. The Labute approximate surface area is 92.5 Å². The Hall–Kier alpha value is -1.42. The van der Waals surface area contributed by atoms with E-state index in [2.05, 4.69) is 25.8 Å². The lowest BCUT2D eigenvalue weighted by Gasteiger charge is -2.12. The van der Waals surface area contributed by atoms with Crippen molar-refractivity contribution in [2.45, 2.75) is 33.6 Å². The molecule has 0 unspecified atom stereocenters. The van der Waals surface area contributed by atoms with E-state index in [1.165, 1.54) is 16.7 Å². The molecule has 1 nitrogen and oxygen atoms in total. The zero-order chi connectivity index (χ0) is 11.3. The molecular formula is C14H18O. The molecule has 1 rings (SSSR count). The highest BCUT2D eigenvalue weighted by Gasteiger charge is 2.06. The molecule has 15 heavy (non-hydrogen) atoms. The van der Waals surface area contributed by atoms with Gasteiger partial charge in [0.1, 0.15) is 5.75 Å². The van der Waals surface area contributed by atoms with Gasteiger partial charge in [-0.15, -0.1) is 12.3 Å². The molecule has 0 atom stereocenters. The van der Waals surface area contributed by atoms with E-state index in [0.29, 0.717) is 6.61 Å². The summed E-state index contributed by atoms with van der Waals surface area (Å²) in [5.41, 5.74) is 3.86. The third-order valence-corrected chi connectivity index (χ3v) is 2.69. The van der Waals surface area contributed by atoms with E-state index in [4.69, 9.17) is 11.2 Å². The number of hydrogen-bond donors (Lipinski definition) is 0. The summed E-state index contributed by atoms with van der Waals surface area (Å²) in [7, 11) is 0. The summed E-state index contributed by atoms with van der Waals surface area (Å²) in [5.74, 6) is 3.66. The lowest BCUT2D eigenvalue weighted by Crippen LogP contribution is -1.98. The Morgan fingerprint density at radius 1 is 1.27 bits per heavy atom. The first-order valence-corrected chi connectivity index (χ1v) is 5.36. The van der Waals surface area contributed by atoms with Crippen LogP contribution in [0.15, 0.2) is 12.1 Å². The molecule has 0 aromatic heterocycles. The van der Waals surface area contributed by atoms with Crippen molar-refractivity contribution >= 4 is 0 Å². The number of hydrogen-bond acceptors (Lipinski definition) is 1. The quantitative estimate of drug-likeness (QED) is 0.681. The van der Waals surface area contributed by atoms with Crippen molar-refractivity contribution in [2.75, 3.05) is 6.61 Å². The van der Waals surface area contributed by atoms with Crippen molar-refractivity contribution < 1.29 is 4.74 Å². The molecule has 0 amide bonds. The first kappa shape index (κ1) is 11.7. The summed E-state index contributed by atoms with van der Waals surface area (Å²) in [6.07, 6.45) is 7.02. The van der Waals surface area contributed by atoms with Crippen molar-refractivity contribution in [3.05, 3.63) is 28.8 Å². The van der Waals surface area contributed by atoms with Gasteiger partial charge < -0.3 is 4.74 Å². The van der Waals surface area contributed by atoms with Crippen LogP contribution in [0.5, 0.6) is 5.75 Å². The van der Waals surface area contributed by atoms with Crippen molar-refractivity contribution in [1.29, 1.82) is 0 Å². The normalized spacial score (nSPS) is 9.73. The largest absolute Gasteiger partial charge is 0.494 e. The van der Waals surface area contributed by atoms with Gasteiger partial charge in [-0.05, 0) is 49.9 Å². The third kappa shape index (κ3) is 2.76. The Kier molecular flexibility index (Phi) is 4.24. The van der Waals surface area contributed by atoms with E-state index in [9.17, 15) is 0 Å². The topological polar surface area (TPSA) is 9.23 Å². The predicted molar refractivity (Wildman–Crippen MR) is 64.2 cm³/mol. The second kappa shape index (κ2) is 5.46. The van der Waals surface area contributed by atoms with Gasteiger partial charge >= 0.3 is 0 Å². The van der Waals surface area contributed by atoms with Gasteiger partial charge in [-0.1, -0.05) is 6.07 Å². The maximum absolute atomic E-state index is 5.54. The molecule has 1 aromatic carbocycles. The molecule has 0 saturated carbocycles. The Morgan fingerprint density at radius 2 is 2.00 bits per heavy atom. The van der Waals surface area contributed by atoms with Crippen LogP contribution in [0, 0.1) is 26.2 Å². The first-order valence-electron chi connectivity index (χ1n) is 5.36. The van der Waals surface area contributed by atoms with E-state index in [-0.39, 0.29) is 0 Å². The summed E-state index contributed by atoms with van der Waals surface area (Å²) in [5, 5.41) is 0. The molecule has 0 fully saturated rings. The molecule has 0 aliphatic carbocycles. The molecule has 0 N–H and O–H groups in total. The molecule has 0 aliphatic heterocycles. The van der Waals surface area contributed by atoms with Crippen LogP contribution in [0.2, 0.25) is 0 Å².